The third kappa shape index (κ3) is 1.89. The van der Waals surface area contributed by atoms with Gasteiger partial charge in [-0.2, -0.15) is 0 Å². The van der Waals surface area contributed by atoms with Crippen LogP contribution in [0.25, 0.3) is 0 Å². The van der Waals surface area contributed by atoms with Gasteiger partial charge in [-0.15, -0.1) is 0 Å². The van der Waals surface area contributed by atoms with Crippen molar-refractivity contribution in [3.63, 3.8) is 0 Å². The monoisotopic (exact) mass is 272 g/mol. The minimum absolute atomic E-state index is 0.230. The lowest BCUT2D eigenvalue weighted by molar-refractivity contribution is -0.235. The number of fused-ring (bicyclic) bond motifs is 2. The van der Waals surface area contributed by atoms with Gasteiger partial charge >= 0.3 is 5.97 Å². The van der Waals surface area contributed by atoms with Crippen molar-refractivity contribution >= 4 is 5.97 Å². The Balaban J connectivity index is 1.79. The van der Waals surface area contributed by atoms with Crippen molar-refractivity contribution in [2.24, 2.45) is 5.92 Å². The first kappa shape index (κ1) is 13.3. The summed E-state index contributed by atoms with van der Waals surface area (Å²) in [6.07, 6.45) is -0.459. The summed E-state index contributed by atoms with van der Waals surface area (Å²) in [7, 11) is 1.57. The van der Waals surface area contributed by atoms with Gasteiger partial charge in [-0.1, -0.05) is 0 Å². The smallest absolute Gasteiger partial charge is 0.312 e. The van der Waals surface area contributed by atoms with Crippen molar-refractivity contribution in [1.82, 2.24) is 0 Å². The molecule has 2 aliphatic heterocycles. The highest BCUT2D eigenvalue weighted by molar-refractivity contribution is 5.78. The van der Waals surface area contributed by atoms with Crippen molar-refractivity contribution in [1.29, 1.82) is 0 Å². The van der Waals surface area contributed by atoms with E-state index in [0.717, 1.165) is 0 Å². The van der Waals surface area contributed by atoms with E-state index in [1.165, 1.54) is 0 Å². The van der Waals surface area contributed by atoms with Crippen LogP contribution >= 0.6 is 0 Å². The molecule has 0 radical (unpaired) electrons. The highest BCUT2D eigenvalue weighted by Gasteiger charge is 2.76. The maximum Gasteiger partial charge on any atom is 0.312 e. The Kier molecular flexibility index (Phi) is 2.91. The van der Waals surface area contributed by atoms with Crippen LogP contribution in [0.3, 0.4) is 0 Å². The molecular formula is C13H20O6. The van der Waals surface area contributed by atoms with Crippen LogP contribution in [0.15, 0.2) is 0 Å². The molecule has 2 heterocycles. The third-order valence-corrected chi connectivity index (χ3v) is 3.97. The van der Waals surface area contributed by atoms with Crippen LogP contribution in [0, 0.1) is 5.92 Å². The van der Waals surface area contributed by atoms with Gasteiger partial charge in [-0.05, 0) is 27.2 Å². The number of esters is 1. The molecule has 0 N–H and O–H groups in total. The van der Waals surface area contributed by atoms with Gasteiger partial charge < -0.3 is 23.7 Å². The molecule has 3 rings (SSSR count). The predicted octanol–water partition coefficient (Wildman–Crippen LogP) is 0.831. The lowest BCUT2D eigenvalue weighted by Gasteiger charge is -2.23. The molecule has 3 aliphatic rings. The molecule has 0 aromatic heterocycles. The molecule has 1 saturated carbocycles. The summed E-state index contributed by atoms with van der Waals surface area (Å²) < 4.78 is 28.0. The highest BCUT2D eigenvalue weighted by atomic mass is 16.8. The zero-order valence-corrected chi connectivity index (χ0v) is 11.7. The first-order valence-electron chi connectivity index (χ1n) is 6.66. The first-order valence-corrected chi connectivity index (χ1v) is 6.66. The quantitative estimate of drug-likeness (QED) is 0.709. The van der Waals surface area contributed by atoms with Gasteiger partial charge in [0.1, 0.15) is 17.8 Å². The zero-order chi connectivity index (χ0) is 13.8. The standard InChI is InChI=1S/C13H20O6/c1-5-16-10(14)7-6-13(7)9-8(11(15-4)19-13)17-12(2,3)18-9/h7-9,11H,5-6H2,1-4H3. The Bertz CT molecular complexity index is 395. The fourth-order valence-corrected chi connectivity index (χ4v) is 3.13. The SMILES string of the molecule is CCOC(=O)C1CC12OC(OC)C1OC(C)(C)OC12. The highest BCUT2D eigenvalue weighted by Crippen LogP contribution is 2.60. The molecule has 6 heteroatoms. The molecule has 3 fully saturated rings. The first-order chi connectivity index (χ1) is 8.93. The average molecular weight is 272 g/mol. The Morgan fingerprint density at radius 2 is 2.05 bits per heavy atom. The lowest BCUT2D eigenvalue weighted by Crippen LogP contribution is -2.34. The topological polar surface area (TPSA) is 63.2 Å². The van der Waals surface area contributed by atoms with Crippen molar-refractivity contribution in [2.75, 3.05) is 13.7 Å². The van der Waals surface area contributed by atoms with Gasteiger partial charge in [0.05, 0.1) is 12.5 Å². The lowest BCUT2D eigenvalue weighted by atomic mass is 10.1. The largest absolute Gasteiger partial charge is 0.466 e. The number of methoxy groups -OCH3 is 1. The zero-order valence-electron chi connectivity index (χ0n) is 11.7. The number of rotatable bonds is 3. The predicted molar refractivity (Wildman–Crippen MR) is 63.2 cm³/mol. The van der Waals surface area contributed by atoms with Crippen LogP contribution in [0.1, 0.15) is 27.2 Å². The van der Waals surface area contributed by atoms with Gasteiger partial charge in [-0.3, -0.25) is 4.79 Å². The molecule has 1 spiro atoms. The van der Waals surface area contributed by atoms with Gasteiger partial charge in [-0.25, -0.2) is 0 Å². The Hall–Kier alpha value is -0.690. The Morgan fingerprint density at radius 1 is 1.32 bits per heavy atom. The van der Waals surface area contributed by atoms with Crippen LogP contribution < -0.4 is 0 Å². The normalized spacial score (nSPS) is 46.3. The molecular weight excluding hydrogens is 252 g/mol. The molecule has 0 aromatic carbocycles. The van der Waals surface area contributed by atoms with Crippen molar-refractivity contribution < 1.29 is 28.5 Å². The van der Waals surface area contributed by atoms with E-state index in [9.17, 15) is 4.79 Å². The van der Waals surface area contributed by atoms with Crippen molar-refractivity contribution in [2.45, 2.75) is 57.1 Å². The molecule has 2 saturated heterocycles. The summed E-state index contributed by atoms with van der Waals surface area (Å²) in [5.74, 6) is -1.19. The summed E-state index contributed by atoms with van der Waals surface area (Å²) >= 11 is 0. The Morgan fingerprint density at radius 3 is 2.68 bits per heavy atom. The number of ether oxygens (including phenoxy) is 5. The van der Waals surface area contributed by atoms with Gasteiger partial charge in [0.2, 0.25) is 0 Å². The second kappa shape index (κ2) is 4.15. The van der Waals surface area contributed by atoms with E-state index in [2.05, 4.69) is 0 Å². The van der Waals surface area contributed by atoms with Crippen molar-refractivity contribution in [3.8, 4) is 0 Å². The van der Waals surface area contributed by atoms with Gasteiger partial charge in [0.15, 0.2) is 12.1 Å². The van der Waals surface area contributed by atoms with Crippen LogP contribution in [-0.4, -0.2) is 49.6 Å². The molecule has 0 aromatic rings. The molecule has 5 atom stereocenters. The second-order valence-corrected chi connectivity index (χ2v) is 5.71. The summed E-state index contributed by atoms with van der Waals surface area (Å²) in [6, 6.07) is 0. The van der Waals surface area contributed by atoms with E-state index >= 15 is 0 Å². The number of carbonyl (C=O) groups excluding carboxylic acids is 1. The van der Waals surface area contributed by atoms with E-state index in [-0.39, 0.29) is 24.1 Å². The fourth-order valence-electron chi connectivity index (χ4n) is 3.13. The van der Waals surface area contributed by atoms with E-state index in [1.807, 2.05) is 13.8 Å². The summed E-state index contributed by atoms with van der Waals surface area (Å²) in [6.45, 7) is 5.87. The Labute approximate surface area is 112 Å². The molecule has 0 amide bonds. The van der Waals surface area contributed by atoms with E-state index in [0.29, 0.717) is 13.0 Å². The fraction of sp³-hybridized carbons (Fsp3) is 0.923. The summed E-state index contributed by atoms with van der Waals surface area (Å²) in [5, 5.41) is 0. The molecule has 0 bridgehead atoms. The molecule has 5 unspecified atom stereocenters. The van der Waals surface area contributed by atoms with Gasteiger partial charge in [0.25, 0.3) is 0 Å². The van der Waals surface area contributed by atoms with Crippen LogP contribution in [0.5, 0.6) is 0 Å². The molecule has 6 nitrogen and oxygen atoms in total. The van der Waals surface area contributed by atoms with E-state index < -0.39 is 17.7 Å². The summed E-state index contributed by atoms with van der Waals surface area (Å²) in [5.41, 5.74) is -0.634. The molecule has 1 aliphatic carbocycles. The number of carbonyl (C=O) groups is 1. The van der Waals surface area contributed by atoms with Crippen LogP contribution in [0.4, 0.5) is 0 Å². The summed E-state index contributed by atoms with van der Waals surface area (Å²) in [4.78, 5) is 11.9. The average Bonchev–Trinajstić information content (AvgIpc) is 2.89. The van der Waals surface area contributed by atoms with E-state index in [1.54, 1.807) is 14.0 Å². The number of hydrogen-bond donors (Lipinski definition) is 0. The van der Waals surface area contributed by atoms with Crippen LogP contribution in [-0.2, 0) is 28.5 Å². The maximum absolute atomic E-state index is 11.9. The number of hydrogen-bond acceptors (Lipinski definition) is 6. The van der Waals surface area contributed by atoms with Crippen LogP contribution in [0.2, 0.25) is 0 Å². The third-order valence-electron chi connectivity index (χ3n) is 3.97. The molecule has 19 heavy (non-hydrogen) atoms. The minimum Gasteiger partial charge on any atom is -0.466 e. The minimum atomic E-state index is -0.676. The molecule has 108 valence electrons. The van der Waals surface area contributed by atoms with Crippen molar-refractivity contribution in [3.05, 3.63) is 0 Å². The van der Waals surface area contributed by atoms with E-state index in [4.69, 9.17) is 23.7 Å². The van der Waals surface area contributed by atoms with Gasteiger partial charge in [0, 0.05) is 7.11 Å². The second-order valence-electron chi connectivity index (χ2n) is 5.71. The maximum atomic E-state index is 11.9.